The largest absolute Gasteiger partial charge is 0.496 e. The van der Waals surface area contributed by atoms with Gasteiger partial charge in [0.15, 0.2) is 5.13 Å². The summed E-state index contributed by atoms with van der Waals surface area (Å²) >= 11 is 2.78. The number of non-ortho nitro benzene ring substituents is 1. The lowest BCUT2D eigenvalue weighted by Crippen LogP contribution is -1.92. The van der Waals surface area contributed by atoms with Crippen LogP contribution in [0.15, 0.2) is 29.0 Å². The number of aromatic nitrogens is 2. The predicted molar refractivity (Wildman–Crippen MR) is 86.3 cm³/mol. The fraction of sp³-hybridized carbons (Fsp3) is 0.0769. The maximum atomic E-state index is 10.8. The molecule has 0 fully saturated rings. The number of benzene rings is 1. The third kappa shape index (κ3) is 2.63. The van der Waals surface area contributed by atoms with Gasteiger partial charge < -0.3 is 10.5 Å². The molecule has 0 aliphatic carbocycles. The van der Waals surface area contributed by atoms with E-state index in [1.54, 1.807) is 6.07 Å². The number of rotatable bonds is 4. The molecule has 112 valence electrons. The van der Waals surface area contributed by atoms with Crippen molar-refractivity contribution in [2.75, 3.05) is 12.8 Å². The van der Waals surface area contributed by atoms with Crippen molar-refractivity contribution in [3.8, 4) is 27.7 Å². The zero-order valence-corrected chi connectivity index (χ0v) is 13.0. The van der Waals surface area contributed by atoms with Gasteiger partial charge in [0, 0.05) is 22.4 Å². The van der Waals surface area contributed by atoms with Crippen molar-refractivity contribution in [3.63, 3.8) is 0 Å². The van der Waals surface area contributed by atoms with Crippen LogP contribution in [0.2, 0.25) is 0 Å². The van der Waals surface area contributed by atoms with Gasteiger partial charge in [-0.05, 0) is 6.07 Å². The molecule has 2 N–H and O–H groups in total. The van der Waals surface area contributed by atoms with Gasteiger partial charge in [-0.1, -0.05) is 0 Å². The van der Waals surface area contributed by atoms with Gasteiger partial charge in [-0.15, -0.1) is 22.7 Å². The van der Waals surface area contributed by atoms with E-state index in [2.05, 4.69) is 9.97 Å². The fourth-order valence-corrected chi connectivity index (χ4v) is 3.31. The molecule has 0 radical (unpaired) electrons. The molecule has 22 heavy (non-hydrogen) atoms. The smallest absolute Gasteiger partial charge is 0.273 e. The number of nitro benzene ring substituents is 1. The van der Waals surface area contributed by atoms with Crippen molar-refractivity contribution in [3.05, 3.63) is 39.1 Å². The Kier molecular flexibility index (Phi) is 3.73. The standard InChI is InChI=1S/C13H10N4O3S2/c1-20-11-4-7(17(18)19)2-3-8(11)9-5-21-12(15-9)10-6-22-13(14)16-10/h2-6H,1H3,(H2,14,16). The zero-order chi connectivity index (χ0) is 15.7. The second-order valence-corrected chi connectivity index (χ2v) is 6.00. The molecule has 0 spiro atoms. The summed E-state index contributed by atoms with van der Waals surface area (Å²) in [6, 6.07) is 4.44. The van der Waals surface area contributed by atoms with Crippen LogP contribution in [-0.2, 0) is 0 Å². The molecule has 0 aliphatic rings. The third-order valence-electron chi connectivity index (χ3n) is 2.92. The van der Waals surface area contributed by atoms with Gasteiger partial charge in [0.1, 0.15) is 16.5 Å². The Hall–Kier alpha value is -2.52. The van der Waals surface area contributed by atoms with Crippen molar-refractivity contribution >= 4 is 33.5 Å². The number of methoxy groups -OCH3 is 1. The summed E-state index contributed by atoms with van der Waals surface area (Å²) in [5.41, 5.74) is 7.69. The fourth-order valence-electron chi connectivity index (χ4n) is 1.91. The highest BCUT2D eigenvalue weighted by Crippen LogP contribution is 2.36. The first-order chi connectivity index (χ1) is 10.6. The molecule has 0 saturated heterocycles. The van der Waals surface area contributed by atoms with Gasteiger partial charge in [-0.25, -0.2) is 9.97 Å². The van der Waals surface area contributed by atoms with Gasteiger partial charge >= 0.3 is 0 Å². The van der Waals surface area contributed by atoms with Crippen LogP contribution in [-0.4, -0.2) is 22.0 Å². The van der Waals surface area contributed by atoms with Crippen LogP contribution in [0.4, 0.5) is 10.8 Å². The van der Waals surface area contributed by atoms with Crippen LogP contribution in [0.3, 0.4) is 0 Å². The lowest BCUT2D eigenvalue weighted by atomic mass is 10.1. The number of nitrogens with zero attached hydrogens (tertiary/aromatic N) is 3. The summed E-state index contributed by atoms with van der Waals surface area (Å²) in [7, 11) is 1.47. The Morgan fingerprint density at radius 3 is 2.64 bits per heavy atom. The quantitative estimate of drug-likeness (QED) is 0.579. The molecule has 0 aliphatic heterocycles. The highest BCUT2D eigenvalue weighted by molar-refractivity contribution is 7.15. The van der Waals surface area contributed by atoms with Crippen molar-refractivity contribution < 1.29 is 9.66 Å². The summed E-state index contributed by atoms with van der Waals surface area (Å²) < 4.78 is 5.24. The molecule has 2 aromatic heterocycles. The van der Waals surface area contributed by atoms with Gasteiger partial charge in [0.2, 0.25) is 0 Å². The first-order valence-electron chi connectivity index (χ1n) is 6.08. The van der Waals surface area contributed by atoms with E-state index >= 15 is 0 Å². The third-order valence-corrected chi connectivity index (χ3v) is 4.46. The molecular formula is C13H10N4O3S2. The van der Waals surface area contributed by atoms with Crippen molar-refractivity contribution in [2.45, 2.75) is 0 Å². The number of hydrogen-bond acceptors (Lipinski definition) is 8. The lowest BCUT2D eigenvalue weighted by Gasteiger charge is -2.05. The summed E-state index contributed by atoms with van der Waals surface area (Å²) in [4.78, 5) is 19.1. The van der Waals surface area contributed by atoms with Crippen LogP contribution in [0.5, 0.6) is 5.75 Å². The highest BCUT2D eigenvalue weighted by Gasteiger charge is 2.16. The number of ether oxygens (including phenoxy) is 1. The molecule has 9 heteroatoms. The van der Waals surface area contributed by atoms with E-state index in [1.807, 2.05) is 10.8 Å². The topological polar surface area (TPSA) is 104 Å². The van der Waals surface area contributed by atoms with Crippen LogP contribution in [0.1, 0.15) is 0 Å². The highest BCUT2D eigenvalue weighted by atomic mass is 32.1. The summed E-state index contributed by atoms with van der Waals surface area (Å²) in [5, 5.41) is 15.7. The van der Waals surface area contributed by atoms with Crippen molar-refractivity contribution in [1.82, 2.24) is 9.97 Å². The normalized spacial score (nSPS) is 10.6. The van der Waals surface area contributed by atoms with Crippen LogP contribution < -0.4 is 10.5 Å². The average Bonchev–Trinajstić information content (AvgIpc) is 3.15. The number of nitro groups is 1. The summed E-state index contributed by atoms with van der Waals surface area (Å²) in [5.74, 6) is 0.406. The van der Waals surface area contributed by atoms with Gasteiger partial charge in [0.25, 0.3) is 5.69 Å². The van der Waals surface area contributed by atoms with Crippen LogP contribution in [0.25, 0.3) is 22.0 Å². The Balaban J connectivity index is 2.01. The van der Waals surface area contributed by atoms with Gasteiger partial charge in [-0.3, -0.25) is 10.1 Å². The Bertz CT molecular complexity index is 843. The molecule has 0 amide bonds. The minimum Gasteiger partial charge on any atom is -0.496 e. The number of thiazole rings is 2. The van der Waals surface area contributed by atoms with E-state index in [0.717, 1.165) is 10.7 Å². The minimum absolute atomic E-state index is 0.0247. The van der Waals surface area contributed by atoms with E-state index in [0.29, 0.717) is 22.1 Å². The summed E-state index contributed by atoms with van der Waals surface area (Å²) in [6.45, 7) is 0. The predicted octanol–water partition coefficient (Wildman–Crippen LogP) is 3.43. The Morgan fingerprint density at radius 2 is 2.00 bits per heavy atom. The second-order valence-electron chi connectivity index (χ2n) is 4.25. The maximum absolute atomic E-state index is 10.8. The van der Waals surface area contributed by atoms with E-state index in [-0.39, 0.29) is 5.69 Å². The molecule has 7 nitrogen and oxygen atoms in total. The lowest BCUT2D eigenvalue weighted by molar-refractivity contribution is -0.384. The molecular weight excluding hydrogens is 324 g/mol. The monoisotopic (exact) mass is 334 g/mol. The molecule has 3 rings (SSSR count). The number of anilines is 1. The molecule has 0 atom stereocenters. The minimum atomic E-state index is -0.461. The Morgan fingerprint density at radius 1 is 1.23 bits per heavy atom. The molecule has 0 unspecified atom stereocenters. The number of hydrogen-bond donors (Lipinski definition) is 1. The first-order valence-corrected chi connectivity index (χ1v) is 7.84. The summed E-state index contributed by atoms with van der Waals surface area (Å²) in [6.07, 6.45) is 0. The van der Waals surface area contributed by atoms with E-state index in [4.69, 9.17) is 10.5 Å². The SMILES string of the molecule is COc1cc([N+](=O)[O-])ccc1-c1csc(-c2csc(N)n2)n1. The van der Waals surface area contributed by atoms with Crippen LogP contribution in [0, 0.1) is 10.1 Å². The molecule has 0 saturated carbocycles. The Labute approximate surface area is 133 Å². The molecule has 1 aromatic carbocycles. The first kappa shape index (κ1) is 14.4. The zero-order valence-electron chi connectivity index (χ0n) is 11.3. The van der Waals surface area contributed by atoms with Crippen LogP contribution >= 0.6 is 22.7 Å². The molecule has 3 aromatic rings. The van der Waals surface area contributed by atoms with E-state index in [9.17, 15) is 10.1 Å². The van der Waals surface area contributed by atoms with E-state index < -0.39 is 4.92 Å². The van der Waals surface area contributed by atoms with Gasteiger partial charge in [0.05, 0.1) is 23.8 Å². The number of nitrogen functional groups attached to an aromatic ring is 1. The van der Waals surface area contributed by atoms with Crippen molar-refractivity contribution in [1.29, 1.82) is 0 Å². The number of nitrogens with two attached hydrogens (primary N) is 1. The second kappa shape index (κ2) is 5.70. The van der Waals surface area contributed by atoms with E-state index in [1.165, 1.54) is 41.9 Å². The average molecular weight is 334 g/mol. The molecule has 0 bridgehead atoms. The van der Waals surface area contributed by atoms with Gasteiger partial charge in [-0.2, -0.15) is 0 Å². The van der Waals surface area contributed by atoms with Crippen molar-refractivity contribution in [2.24, 2.45) is 0 Å². The molecule has 2 heterocycles. The maximum Gasteiger partial charge on any atom is 0.273 e.